The summed E-state index contributed by atoms with van der Waals surface area (Å²) in [6.07, 6.45) is 6.72. The molecule has 2 saturated carbocycles. The molecule has 7 unspecified atom stereocenters. The predicted molar refractivity (Wildman–Crippen MR) is 175 cm³/mol. The van der Waals surface area contributed by atoms with Gasteiger partial charge in [0.15, 0.2) is 5.82 Å². The van der Waals surface area contributed by atoms with Crippen LogP contribution in [0, 0.1) is 17.2 Å². The van der Waals surface area contributed by atoms with Gasteiger partial charge in [0.25, 0.3) is 0 Å². The Morgan fingerprint density at radius 2 is 1.91 bits per heavy atom. The van der Waals surface area contributed by atoms with Crippen molar-refractivity contribution in [3.05, 3.63) is 53.3 Å². The fraction of sp³-hybridized carbons (Fsp3) is 0.500. The Kier molecular flexibility index (Phi) is 5.98. The zero-order chi connectivity index (χ0) is 30.9. The molecule has 4 bridgehead atoms. The Balaban J connectivity index is 1.00. The molecule has 4 aromatic rings. The fourth-order valence-electron chi connectivity index (χ4n) is 10.1. The van der Waals surface area contributed by atoms with Crippen molar-refractivity contribution in [1.29, 1.82) is 0 Å². The van der Waals surface area contributed by atoms with Crippen LogP contribution in [0.5, 0.6) is 11.8 Å². The van der Waals surface area contributed by atoms with E-state index >= 15 is 4.39 Å². The van der Waals surface area contributed by atoms with Crippen molar-refractivity contribution in [3.63, 3.8) is 0 Å². The van der Waals surface area contributed by atoms with E-state index in [1.54, 1.807) is 18.2 Å². The monoisotopic (exact) mass is 641 g/mol. The summed E-state index contributed by atoms with van der Waals surface area (Å²) in [6.45, 7) is 5.19. The lowest BCUT2D eigenvalue weighted by Gasteiger charge is -2.71. The van der Waals surface area contributed by atoms with Crippen LogP contribution in [0.1, 0.15) is 39.0 Å². The van der Waals surface area contributed by atoms with Crippen molar-refractivity contribution in [2.75, 3.05) is 31.1 Å². The van der Waals surface area contributed by atoms with Crippen molar-refractivity contribution >= 4 is 39.1 Å². The number of ether oxygens (including phenoxy) is 2. The quantitative estimate of drug-likeness (QED) is 0.258. The summed E-state index contributed by atoms with van der Waals surface area (Å²) in [6, 6.07) is 14.8. The molecule has 10 heteroatoms. The second kappa shape index (κ2) is 9.89. The van der Waals surface area contributed by atoms with Crippen molar-refractivity contribution in [2.45, 2.75) is 75.4 Å². The lowest BCUT2D eigenvalue weighted by Crippen LogP contribution is -2.81. The van der Waals surface area contributed by atoms with Crippen molar-refractivity contribution < 1.29 is 19.0 Å². The van der Waals surface area contributed by atoms with Crippen LogP contribution < -0.4 is 15.0 Å². The summed E-state index contributed by atoms with van der Waals surface area (Å²) in [5.74, 6) is 0.428. The molecule has 6 aliphatic rings. The summed E-state index contributed by atoms with van der Waals surface area (Å²) in [5, 5.41) is 16.7. The zero-order valence-corrected chi connectivity index (χ0v) is 26.5. The van der Waals surface area contributed by atoms with E-state index in [4.69, 9.17) is 31.0 Å². The summed E-state index contributed by atoms with van der Waals surface area (Å²) in [4.78, 5) is 14.6. The highest BCUT2D eigenvalue weighted by molar-refractivity contribution is 6.35. The number of aromatic nitrogens is 2. The van der Waals surface area contributed by atoms with E-state index in [1.807, 2.05) is 24.3 Å². The highest BCUT2D eigenvalue weighted by Gasteiger charge is 2.78. The molecular formula is C36H37ClFN5O3. The highest BCUT2D eigenvalue weighted by atomic mass is 35.5. The van der Waals surface area contributed by atoms with Gasteiger partial charge in [-0.25, -0.2) is 4.39 Å². The number of hydrogen-bond acceptors (Lipinski definition) is 8. The third-order valence-corrected chi connectivity index (χ3v) is 12.3. The molecule has 4 aliphatic heterocycles. The van der Waals surface area contributed by atoms with Crippen LogP contribution in [-0.2, 0) is 4.74 Å². The zero-order valence-electron chi connectivity index (χ0n) is 25.8. The molecule has 0 amide bonds. The van der Waals surface area contributed by atoms with Crippen LogP contribution in [0.25, 0.3) is 32.8 Å². The second-order valence-electron chi connectivity index (χ2n) is 14.7. The number of fused-ring (bicyclic) bond motifs is 5. The fourth-order valence-corrected chi connectivity index (χ4v) is 10.4. The Labute approximate surface area is 271 Å². The van der Waals surface area contributed by atoms with Gasteiger partial charge in [-0.1, -0.05) is 42.8 Å². The van der Waals surface area contributed by atoms with Crippen LogP contribution >= 0.6 is 11.6 Å². The average molecular weight is 642 g/mol. The van der Waals surface area contributed by atoms with Gasteiger partial charge in [-0.2, -0.15) is 9.97 Å². The molecule has 46 heavy (non-hydrogen) atoms. The number of halogens is 2. The van der Waals surface area contributed by atoms with E-state index in [0.29, 0.717) is 65.2 Å². The Hall–Kier alpha value is -3.24. The molecule has 1 spiro atoms. The molecule has 8 nitrogen and oxygen atoms in total. The molecule has 238 valence electrons. The number of piperazine rings is 1. The van der Waals surface area contributed by atoms with Gasteiger partial charge in [-0.15, -0.1) is 0 Å². The number of piperidine rings is 1. The lowest BCUT2D eigenvalue weighted by atomic mass is 9.51. The van der Waals surface area contributed by atoms with E-state index in [2.05, 4.69) is 22.0 Å². The number of nitrogens with one attached hydrogen (secondary N) is 1. The molecule has 6 fully saturated rings. The maximum absolute atomic E-state index is 16.9. The first kappa shape index (κ1) is 27.8. The van der Waals surface area contributed by atoms with Gasteiger partial charge in [-0.3, -0.25) is 4.90 Å². The number of phenols is 1. The van der Waals surface area contributed by atoms with E-state index < -0.39 is 5.82 Å². The summed E-state index contributed by atoms with van der Waals surface area (Å²) in [5.41, 5.74) is 1.35. The van der Waals surface area contributed by atoms with Gasteiger partial charge < -0.3 is 24.8 Å². The topological polar surface area (TPSA) is 83.0 Å². The van der Waals surface area contributed by atoms with Gasteiger partial charge in [0.1, 0.15) is 17.1 Å². The third-order valence-electron chi connectivity index (χ3n) is 12.0. The van der Waals surface area contributed by atoms with Crippen LogP contribution in [-0.4, -0.2) is 82.6 Å². The maximum atomic E-state index is 16.9. The lowest BCUT2D eigenvalue weighted by molar-refractivity contribution is -0.269. The molecule has 10 rings (SSSR count). The summed E-state index contributed by atoms with van der Waals surface area (Å²) >= 11 is 6.91. The first-order valence-electron chi connectivity index (χ1n) is 16.8. The maximum Gasteiger partial charge on any atom is 0.319 e. The largest absolute Gasteiger partial charge is 0.508 e. The minimum Gasteiger partial charge on any atom is -0.508 e. The van der Waals surface area contributed by atoms with E-state index in [-0.39, 0.29) is 33.8 Å². The Morgan fingerprint density at radius 1 is 1.11 bits per heavy atom. The molecule has 8 atom stereocenters. The smallest absolute Gasteiger partial charge is 0.319 e. The van der Waals surface area contributed by atoms with Crippen LogP contribution in [0.3, 0.4) is 0 Å². The minimum atomic E-state index is -0.540. The van der Waals surface area contributed by atoms with Crippen LogP contribution in [0.2, 0.25) is 5.02 Å². The molecule has 4 saturated heterocycles. The van der Waals surface area contributed by atoms with E-state index in [0.717, 1.165) is 56.1 Å². The molecule has 2 N–H and O–H groups in total. The normalized spacial score (nSPS) is 32.9. The van der Waals surface area contributed by atoms with Gasteiger partial charge >= 0.3 is 6.01 Å². The van der Waals surface area contributed by atoms with Gasteiger partial charge in [-0.05, 0) is 66.6 Å². The number of anilines is 1. The Bertz CT molecular complexity index is 1910. The number of nitrogens with zero attached hydrogens (tertiary/aromatic N) is 4. The van der Waals surface area contributed by atoms with Gasteiger partial charge in [0.2, 0.25) is 0 Å². The molecule has 0 radical (unpaired) electrons. The van der Waals surface area contributed by atoms with E-state index in [9.17, 15) is 5.11 Å². The average Bonchev–Trinajstić information content (AvgIpc) is 3.69. The predicted octanol–water partition coefficient (Wildman–Crippen LogP) is 5.91. The van der Waals surface area contributed by atoms with Crippen molar-refractivity contribution in [1.82, 2.24) is 20.2 Å². The summed E-state index contributed by atoms with van der Waals surface area (Å²) in [7, 11) is 0. The molecule has 5 heterocycles. The van der Waals surface area contributed by atoms with Crippen LogP contribution in [0.4, 0.5) is 10.2 Å². The number of phenolic OH excluding ortho intramolecular Hbond substituents is 1. The third kappa shape index (κ3) is 3.89. The number of aromatic hydroxyl groups is 1. The number of hydrogen-bond donors (Lipinski definition) is 2. The standard InChI is InChI=1S/C36H37ClFN5O3/c1-18(14-43-28-10-23-13-36(28)29(43)12-30(36)46-23)17-45-35-40-33-26(34(41-35)42-15-20-6-7-21(16-42)39-20)11-27(37)31(32(33)38)25-9-22(44)8-19-4-2-3-5-24(19)25/h2-5,8-9,11,18,20-21,23,28-30,39,44H,6-7,10,12-17H2,1H3/t18-,20?,21?,23?,28?,29?,30?,36?/m1/s1. The molecule has 3 aromatic carbocycles. The number of likely N-dealkylation sites (tertiary alicyclic amines) is 1. The van der Waals surface area contributed by atoms with E-state index in [1.165, 1.54) is 6.42 Å². The minimum absolute atomic E-state index is 0.0467. The number of rotatable bonds is 7. The van der Waals surface area contributed by atoms with Gasteiger partial charge in [0.05, 0.1) is 23.8 Å². The van der Waals surface area contributed by atoms with Crippen molar-refractivity contribution in [2.24, 2.45) is 11.3 Å². The Morgan fingerprint density at radius 3 is 2.74 bits per heavy atom. The van der Waals surface area contributed by atoms with Crippen molar-refractivity contribution in [3.8, 4) is 22.9 Å². The van der Waals surface area contributed by atoms with Crippen LogP contribution in [0.15, 0.2) is 42.5 Å². The molecule has 1 aromatic heterocycles. The first-order chi connectivity index (χ1) is 22.4. The highest BCUT2D eigenvalue weighted by Crippen LogP contribution is 2.71. The second-order valence-corrected chi connectivity index (χ2v) is 15.1. The number of benzene rings is 3. The SMILES string of the molecule is C[C@@H](COc1nc(N2CC3CCC(C2)N3)c2cc(Cl)c(-c3cc(O)cc4ccccc34)c(F)c2n1)CN1C2CC3CC24C(CC14)O3. The summed E-state index contributed by atoms with van der Waals surface area (Å²) < 4.78 is 29.4. The van der Waals surface area contributed by atoms with Gasteiger partial charge in [0, 0.05) is 66.1 Å². The molecule has 2 aliphatic carbocycles. The first-order valence-corrected chi connectivity index (χ1v) is 17.2. The molecular weight excluding hydrogens is 605 g/mol.